The monoisotopic (exact) mass is 292 g/mol. The van der Waals surface area contributed by atoms with Gasteiger partial charge in [0.2, 0.25) is 0 Å². The first-order valence-electron chi connectivity index (χ1n) is 8.46. The van der Waals surface area contributed by atoms with Gasteiger partial charge in [0.1, 0.15) is 0 Å². The molecule has 0 atom stereocenters. The summed E-state index contributed by atoms with van der Waals surface area (Å²) >= 11 is 1.77. The van der Waals surface area contributed by atoms with Crippen molar-refractivity contribution < 1.29 is 4.79 Å². The summed E-state index contributed by atoms with van der Waals surface area (Å²) in [5.74, 6) is 0.387. The summed E-state index contributed by atoms with van der Waals surface area (Å²) in [6.07, 6.45) is 14.7. The van der Waals surface area contributed by atoms with Crippen LogP contribution in [0.1, 0.15) is 91.2 Å². The van der Waals surface area contributed by atoms with Gasteiger partial charge in [-0.05, 0) is 43.7 Å². The van der Waals surface area contributed by atoms with Crippen molar-refractivity contribution in [2.24, 2.45) is 0 Å². The zero-order valence-electron chi connectivity index (χ0n) is 12.9. The Hall–Kier alpha value is -0.630. The molecule has 0 aliphatic heterocycles. The summed E-state index contributed by atoms with van der Waals surface area (Å²) < 4.78 is 0. The molecule has 0 saturated carbocycles. The van der Waals surface area contributed by atoms with Crippen LogP contribution in [0.25, 0.3) is 0 Å². The third-order valence-corrected chi connectivity index (χ3v) is 5.56. The molecule has 1 aliphatic carbocycles. The molecule has 0 N–H and O–H groups in total. The summed E-state index contributed by atoms with van der Waals surface area (Å²) in [5, 5.41) is 0. The Morgan fingerprint density at radius 2 is 1.75 bits per heavy atom. The van der Waals surface area contributed by atoms with E-state index in [1.165, 1.54) is 74.6 Å². The Bertz CT molecular complexity index is 396. The Morgan fingerprint density at radius 3 is 2.50 bits per heavy atom. The molecule has 0 fully saturated rings. The fourth-order valence-corrected chi connectivity index (χ4v) is 4.21. The Kier molecular flexibility index (Phi) is 6.78. The van der Waals surface area contributed by atoms with Crippen LogP contribution in [0.15, 0.2) is 6.07 Å². The van der Waals surface area contributed by atoms with Crippen molar-refractivity contribution in [2.75, 3.05) is 0 Å². The van der Waals surface area contributed by atoms with Crippen LogP contribution in [0.3, 0.4) is 0 Å². The first-order valence-corrected chi connectivity index (χ1v) is 9.27. The van der Waals surface area contributed by atoms with E-state index >= 15 is 0 Å². The SMILES string of the molecule is CCCCCCCCCC(=O)c1cc2c(s1)CCCC2. The van der Waals surface area contributed by atoms with Gasteiger partial charge in [-0.3, -0.25) is 4.79 Å². The zero-order chi connectivity index (χ0) is 14.2. The topological polar surface area (TPSA) is 17.1 Å². The second kappa shape index (κ2) is 8.61. The number of carbonyl (C=O) groups excluding carboxylic acids is 1. The molecule has 20 heavy (non-hydrogen) atoms. The second-order valence-electron chi connectivity index (χ2n) is 6.06. The first-order chi connectivity index (χ1) is 9.81. The van der Waals surface area contributed by atoms with Crippen molar-refractivity contribution in [3.63, 3.8) is 0 Å². The van der Waals surface area contributed by atoms with Crippen molar-refractivity contribution in [3.05, 3.63) is 21.4 Å². The summed E-state index contributed by atoms with van der Waals surface area (Å²) in [6.45, 7) is 2.25. The van der Waals surface area contributed by atoms with Gasteiger partial charge in [0.05, 0.1) is 4.88 Å². The predicted octanol–water partition coefficient (Wildman–Crippen LogP) is 5.95. The minimum absolute atomic E-state index is 0.387. The van der Waals surface area contributed by atoms with Gasteiger partial charge in [-0.2, -0.15) is 0 Å². The fraction of sp³-hybridized carbons (Fsp3) is 0.722. The Morgan fingerprint density at radius 1 is 1.05 bits per heavy atom. The second-order valence-corrected chi connectivity index (χ2v) is 7.20. The highest BCUT2D eigenvalue weighted by molar-refractivity contribution is 7.14. The highest BCUT2D eigenvalue weighted by Gasteiger charge is 2.16. The molecule has 112 valence electrons. The number of rotatable bonds is 9. The van der Waals surface area contributed by atoms with E-state index in [1.54, 1.807) is 11.3 Å². The highest BCUT2D eigenvalue weighted by Crippen LogP contribution is 2.30. The number of Topliss-reactive ketones (excluding diaryl/α,β-unsaturated/α-hetero) is 1. The van der Waals surface area contributed by atoms with Crippen LogP contribution in [-0.2, 0) is 12.8 Å². The minimum Gasteiger partial charge on any atom is -0.293 e. The van der Waals surface area contributed by atoms with Gasteiger partial charge in [-0.1, -0.05) is 45.4 Å². The van der Waals surface area contributed by atoms with E-state index < -0.39 is 0 Å². The molecular weight excluding hydrogens is 264 g/mol. The van der Waals surface area contributed by atoms with Crippen molar-refractivity contribution in [1.29, 1.82) is 0 Å². The van der Waals surface area contributed by atoms with Crippen molar-refractivity contribution in [1.82, 2.24) is 0 Å². The van der Waals surface area contributed by atoms with E-state index in [-0.39, 0.29) is 0 Å². The van der Waals surface area contributed by atoms with Gasteiger partial charge in [-0.25, -0.2) is 0 Å². The van der Waals surface area contributed by atoms with Crippen LogP contribution in [0.5, 0.6) is 0 Å². The first kappa shape index (κ1) is 15.8. The maximum Gasteiger partial charge on any atom is 0.172 e. The number of aryl methyl sites for hydroxylation is 2. The quantitative estimate of drug-likeness (QED) is 0.406. The molecule has 1 aromatic rings. The third kappa shape index (κ3) is 4.73. The average molecular weight is 292 g/mol. The van der Waals surface area contributed by atoms with Crippen LogP contribution in [0.4, 0.5) is 0 Å². The summed E-state index contributed by atoms with van der Waals surface area (Å²) in [7, 11) is 0. The average Bonchev–Trinajstić information content (AvgIpc) is 2.90. The number of carbonyl (C=O) groups is 1. The summed E-state index contributed by atoms with van der Waals surface area (Å²) in [6, 6.07) is 2.18. The van der Waals surface area contributed by atoms with Crippen molar-refractivity contribution >= 4 is 17.1 Å². The fourth-order valence-electron chi connectivity index (χ4n) is 2.99. The van der Waals surface area contributed by atoms with Gasteiger partial charge < -0.3 is 0 Å². The molecule has 0 spiro atoms. The van der Waals surface area contributed by atoms with Gasteiger partial charge in [0.15, 0.2) is 5.78 Å². The molecule has 1 aliphatic rings. The minimum atomic E-state index is 0.387. The van der Waals surface area contributed by atoms with Crippen molar-refractivity contribution in [3.8, 4) is 0 Å². The molecule has 0 saturated heterocycles. The van der Waals surface area contributed by atoms with Crippen LogP contribution in [0, 0.1) is 0 Å². The molecule has 0 amide bonds. The van der Waals surface area contributed by atoms with Crippen LogP contribution in [0.2, 0.25) is 0 Å². The highest BCUT2D eigenvalue weighted by atomic mass is 32.1. The molecule has 1 nitrogen and oxygen atoms in total. The standard InChI is InChI=1S/C18H28OS/c1-2-3-4-5-6-7-8-12-16(19)18-14-15-11-9-10-13-17(15)20-18/h14H,2-13H2,1H3. The summed E-state index contributed by atoms with van der Waals surface area (Å²) in [4.78, 5) is 14.7. The van der Waals surface area contributed by atoms with E-state index in [2.05, 4.69) is 13.0 Å². The Labute approximate surface area is 127 Å². The summed E-state index contributed by atoms with van der Waals surface area (Å²) in [5.41, 5.74) is 1.46. The molecule has 1 aromatic heterocycles. The normalized spacial score (nSPS) is 14.2. The van der Waals surface area contributed by atoms with Crippen molar-refractivity contribution in [2.45, 2.75) is 84.0 Å². The molecule has 0 aromatic carbocycles. The Balaban J connectivity index is 1.66. The zero-order valence-corrected chi connectivity index (χ0v) is 13.7. The maximum absolute atomic E-state index is 12.2. The van der Waals surface area contributed by atoms with E-state index in [9.17, 15) is 4.79 Å². The number of hydrogen-bond acceptors (Lipinski definition) is 2. The van der Waals surface area contributed by atoms with Crippen LogP contribution >= 0.6 is 11.3 Å². The number of unbranched alkanes of at least 4 members (excludes halogenated alkanes) is 6. The van der Waals surface area contributed by atoms with E-state index in [1.807, 2.05) is 0 Å². The van der Waals surface area contributed by atoms with E-state index in [0.717, 1.165) is 17.7 Å². The predicted molar refractivity (Wildman–Crippen MR) is 87.9 cm³/mol. The number of fused-ring (bicyclic) bond motifs is 1. The lowest BCUT2D eigenvalue weighted by Gasteiger charge is -2.08. The van der Waals surface area contributed by atoms with Gasteiger partial charge >= 0.3 is 0 Å². The third-order valence-electron chi connectivity index (χ3n) is 4.28. The molecule has 2 rings (SSSR count). The van der Waals surface area contributed by atoms with E-state index in [0.29, 0.717) is 5.78 Å². The number of ketones is 1. The number of hydrogen-bond donors (Lipinski definition) is 0. The molecular formula is C18H28OS. The molecule has 0 unspecified atom stereocenters. The van der Waals surface area contributed by atoms with Gasteiger partial charge in [0.25, 0.3) is 0 Å². The van der Waals surface area contributed by atoms with Crippen LogP contribution in [-0.4, -0.2) is 5.78 Å². The lowest BCUT2D eigenvalue weighted by Crippen LogP contribution is -1.97. The number of thiophene rings is 1. The lowest BCUT2D eigenvalue weighted by atomic mass is 9.98. The molecule has 0 radical (unpaired) electrons. The smallest absolute Gasteiger partial charge is 0.172 e. The van der Waals surface area contributed by atoms with E-state index in [4.69, 9.17) is 0 Å². The van der Waals surface area contributed by atoms with Crippen LogP contribution < -0.4 is 0 Å². The van der Waals surface area contributed by atoms with Gasteiger partial charge in [0, 0.05) is 11.3 Å². The molecule has 0 bridgehead atoms. The molecule has 1 heterocycles. The lowest BCUT2D eigenvalue weighted by molar-refractivity contribution is 0.0983. The largest absolute Gasteiger partial charge is 0.293 e. The molecule has 2 heteroatoms. The van der Waals surface area contributed by atoms with Gasteiger partial charge in [-0.15, -0.1) is 11.3 Å². The maximum atomic E-state index is 12.2.